The fraction of sp³-hybridized carbons (Fsp3) is 0.366. The van der Waals surface area contributed by atoms with Crippen LogP contribution >= 0.6 is 0 Å². The van der Waals surface area contributed by atoms with Gasteiger partial charge in [0, 0.05) is 18.2 Å². The number of esters is 4. The van der Waals surface area contributed by atoms with Gasteiger partial charge in [-0.2, -0.15) is 0 Å². The maximum atomic E-state index is 13.4. The van der Waals surface area contributed by atoms with Crippen LogP contribution in [0.4, 0.5) is 0 Å². The minimum absolute atomic E-state index is 0.0580. The molecular formula is C41H48O15. The molecule has 3 aromatic rings. The van der Waals surface area contributed by atoms with Gasteiger partial charge in [0.05, 0.1) is 72.1 Å². The van der Waals surface area contributed by atoms with Crippen LogP contribution in [0.15, 0.2) is 67.8 Å². The smallest absolute Gasteiger partial charge is 0.343 e. The average Bonchev–Trinajstić information content (AvgIpc) is 3.20. The Labute approximate surface area is 325 Å². The Morgan fingerprint density at radius 1 is 0.554 bits per heavy atom. The number of carbonyl (C=O) groups is 4. The lowest BCUT2D eigenvalue weighted by molar-refractivity contribution is -0.138. The van der Waals surface area contributed by atoms with Gasteiger partial charge in [-0.1, -0.05) is 13.2 Å². The number of carbonyl (C=O) groups excluding carboxylic acids is 4. The summed E-state index contributed by atoms with van der Waals surface area (Å²) in [6.45, 7) is 11.2. The molecule has 0 aliphatic carbocycles. The second-order valence-electron chi connectivity index (χ2n) is 11.8. The van der Waals surface area contributed by atoms with E-state index in [4.69, 9.17) is 52.1 Å². The Hall–Kier alpha value is -6.38. The summed E-state index contributed by atoms with van der Waals surface area (Å²) in [5, 5.41) is 0. The highest BCUT2D eigenvalue weighted by atomic mass is 16.6. The van der Waals surface area contributed by atoms with E-state index in [1.54, 1.807) is 13.8 Å². The predicted octanol–water partition coefficient (Wildman–Crippen LogP) is 6.72. The van der Waals surface area contributed by atoms with Gasteiger partial charge in [-0.15, -0.1) is 0 Å². The molecule has 0 saturated heterocycles. The molecule has 0 aromatic heterocycles. The van der Waals surface area contributed by atoms with E-state index in [2.05, 4.69) is 13.2 Å². The van der Waals surface area contributed by atoms with Crippen LogP contribution in [0.5, 0.6) is 51.7 Å². The second kappa shape index (κ2) is 22.7. The lowest BCUT2D eigenvalue weighted by atomic mass is 10.1. The third-order valence-electron chi connectivity index (χ3n) is 7.48. The third kappa shape index (κ3) is 13.2. The molecule has 3 rings (SSSR count). The van der Waals surface area contributed by atoms with Crippen molar-refractivity contribution in [3.05, 3.63) is 78.9 Å². The van der Waals surface area contributed by atoms with Gasteiger partial charge in [0.2, 0.25) is 11.5 Å². The van der Waals surface area contributed by atoms with E-state index in [-0.39, 0.29) is 95.4 Å². The molecule has 302 valence electrons. The lowest BCUT2D eigenvalue weighted by Gasteiger charge is -2.18. The molecule has 0 amide bonds. The molecule has 0 aliphatic rings. The van der Waals surface area contributed by atoms with Crippen molar-refractivity contribution in [2.24, 2.45) is 0 Å². The topological polar surface area (TPSA) is 170 Å². The van der Waals surface area contributed by atoms with Crippen molar-refractivity contribution in [3.63, 3.8) is 0 Å². The minimum atomic E-state index is -0.756. The van der Waals surface area contributed by atoms with E-state index >= 15 is 0 Å². The molecular weight excluding hydrogens is 732 g/mol. The number of benzene rings is 3. The van der Waals surface area contributed by atoms with Crippen molar-refractivity contribution in [3.8, 4) is 51.7 Å². The van der Waals surface area contributed by atoms with E-state index < -0.39 is 23.9 Å². The van der Waals surface area contributed by atoms with Crippen molar-refractivity contribution < 1.29 is 71.3 Å². The number of rotatable bonds is 24. The molecule has 0 atom stereocenters. The SMILES string of the molecule is C=CC(=O)OCCCCOc1c(OC)cc(C(=O)Oc2ccc(OC(=O)c3cc(OC)c(OCCCCOC(=O)C=C)c(OC)c3)c(OC(C)C)c2)cc1OC. The van der Waals surface area contributed by atoms with Gasteiger partial charge in [0.1, 0.15) is 5.75 Å². The first kappa shape index (κ1) is 44.0. The maximum Gasteiger partial charge on any atom is 0.343 e. The number of unbranched alkanes of at least 4 members (excludes halogenated alkanes) is 2. The molecule has 3 aromatic carbocycles. The molecule has 0 aliphatic heterocycles. The molecule has 0 N–H and O–H groups in total. The van der Waals surface area contributed by atoms with E-state index in [9.17, 15) is 19.2 Å². The minimum Gasteiger partial charge on any atom is -0.493 e. The molecule has 56 heavy (non-hydrogen) atoms. The van der Waals surface area contributed by atoms with E-state index in [0.29, 0.717) is 25.7 Å². The van der Waals surface area contributed by atoms with Crippen molar-refractivity contribution in [1.29, 1.82) is 0 Å². The van der Waals surface area contributed by atoms with Gasteiger partial charge < -0.3 is 52.1 Å². The standard InChI is InChI=1S/C41H48O15/c1-9-36(42)50-17-11-13-19-52-38-32(46-5)21-27(22-33(38)47-6)40(44)55-29-15-16-30(31(25-29)54-26(3)4)56-41(45)28-23-34(48-7)39(35(24-28)49-8)53-20-14-12-18-51-37(43)10-2/h9-10,15-16,21-26H,1-2,11-14,17-20H2,3-8H3. The zero-order valence-corrected chi connectivity index (χ0v) is 32.5. The summed E-state index contributed by atoms with van der Waals surface area (Å²) >= 11 is 0. The van der Waals surface area contributed by atoms with Crippen LogP contribution in [-0.4, -0.2) is 84.8 Å². The molecule has 15 heteroatoms. The Balaban J connectivity index is 1.74. The monoisotopic (exact) mass is 780 g/mol. The molecule has 0 heterocycles. The summed E-state index contributed by atoms with van der Waals surface area (Å²) in [6, 6.07) is 10.1. The van der Waals surface area contributed by atoms with Gasteiger partial charge >= 0.3 is 23.9 Å². The second-order valence-corrected chi connectivity index (χ2v) is 11.8. The predicted molar refractivity (Wildman–Crippen MR) is 203 cm³/mol. The Morgan fingerprint density at radius 2 is 0.964 bits per heavy atom. The average molecular weight is 781 g/mol. The molecule has 15 nitrogen and oxygen atoms in total. The molecule has 0 unspecified atom stereocenters. The lowest BCUT2D eigenvalue weighted by Crippen LogP contribution is -2.14. The largest absolute Gasteiger partial charge is 0.493 e. The number of ether oxygens (including phenoxy) is 11. The van der Waals surface area contributed by atoms with Crippen LogP contribution in [0, 0.1) is 0 Å². The highest BCUT2D eigenvalue weighted by Gasteiger charge is 2.23. The fourth-order valence-corrected chi connectivity index (χ4v) is 4.81. The Bertz CT molecular complexity index is 1780. The number of methoxy groups -OCH3 is 4. The molecule has 0 saturated carbocycles. The molecule has 0 radical (unpaired) electrons. The van der Waals surface area contributed by atoms with Crippen LogP contribution in [0.2, 0.25) is 0 Å². The van der Waals surface area contributed by atoms with Gasteiger partial charge in [0.15, 0.2) is 34.5 Å². The van der Waals surface area contributed by atoms with Crippen LogP contribution < -0.4 is 42.6 Å². The molecule has 0 spiro atoms. The fourth-order valence-electron chi connectivity index (χ4n) is 4.81. The van der Waals surface area contributed by atoms with Crippen LogP contribution in [0.1, 0.15) is 60.2 Å². The van der Waals surface area contributed by atoms with Crippen molar-refractivity contribution in [1.82, 2.24) is 0 Å². The quantitative estimate of drug-likeness (QED) is 0.0406. The van der Waals surface area contributed by atoms with E-state index in [1.165, 1.54) is 70.9 Å². The highest BCUT2D eigenvalue weighted by Crippen LogP contribution is 2.41. The van der Waals surface area contributed by atoms with E-state index in [0.717, 1.165) is 12.2 Å². The summed E-state index contributed by atoms with van der Waals surface area (Å²) in [6.07, 6.45) is 4.10. The van der Waals surface area contributed by atoms with Crippen molar-refractivity contribution in [2.75, 3.05) is 54.9 Å². The first-order valence-electron chi connectivity index (χ1n) is 17.6. The van der Waals surface area contributed by atoms with Crippen LogP contribution in [0.25, 0.3) is 0 Å². The highest BCUT2D eigenvalue weighted by molar-refractivity contribution is 5.94. The van der Waals surface area contributed by atoms with Gasteiger partial charge in [-0.05, 0) is 75.9 Å². The summed E-state index contributed by atoms with van der Waals surface area (Å²) in [4.78, 5) is 49.2. The Kier molecular flexibility index (Phi) is 17.9. The normalized spacial score (nSPS) is 10.4. The van der Waals surface area contributed by atoms with Crippen LogP contribution in [0.3, 0.4) is 0 Å². The molecule has 0 bridgehead atoms. The Morgan fingerprint density at radius 3 is 1.36 bits per heavy atom. The number of hydrogen-bond acceptors (Lipinski definition) is 15. The summed E-state index contributed by atoms with van der Waals surface area (Å²) in [5.41, 5.74) is 0.200. The first-order chi connectivity index (χ1) is 27.0. The van der Waals surface area contributed by atoms with Gasteiger partial charge in [-0.25, -0.2) is 19.2 Å². The zero-order valence-electron chi connectivity index (χ0n) is 32.5. The van der Waals surface area contributed by atoms with Crippen LogP contribution in [-0.2, 0) is 19.1 Å². The summed E-state index contributed by atoms with van der Waals surface area (Å²) in [7, 11) is 5.69. The van der Waals surface area contributed by atoms with Gasteiger partial charge in [-0.3, -0.25) is 0 Å². The van der Waals surface area contributed by atoms with Crippen molar-refractivity contribution in [2.45, 2.75) is 45.6 Å². The van der Waals surface area contributed by atoms with Crippen molar-refractivity contribution >= 4 is 23.9 Å². The summed E-state index contributed by atoms with van der Waals surface area (Å²) in [5.74, 6) is -0.709. The molecule has 0 fully saturated rings. The third-order valence-corrected chi connectivity index (χ3v) is 7.48. The van der Waals surface area contributed by atoms with E-state index in [1.807, 2.05) is 0 Å². The summed E-state index contributed by atoms with van der Waals surface area (Å²) < 4.78 is 61.0. The maximum absolute atomic E-state index is 13.4. The zero-order chi connectivity index (χ0) is 41.0. The first-order valence-corrected chi connectivity index (χ1v) is 17.6. The van der Waals surface area contributed by atoms with Gasteiger partial charge in [0.25, 0.3) is 0 Å². The number of hydrogen-bond donors (Lipinski definition) is 0.